The number of hydrogen-bond donors (Lipinski definition) is 4. The number of rotatable bonds is 13. The number of amides is 1. The maximum absolute atomic E-state index is 13.4. The SMILES string of the molecule is CC(C)C[C@H](NC(=O)[C@H](CCCN=C(N)N[N+](=O)[O-])CC(=O)CN)B1O[C@@H]2C[C@@H]3C[C@@H](C3(C)C)[C@]2(C)O1.Cl. The van der Waals surface area contributed by atoms with E-state index in [1.165, 1.54) is 0 Å². The van der Waals surface area contributed by atoms with E-state index < -0.39 is 18.1 Å². The number of guanidine groups is 1. The average molecular weight is 559 g/mol. The Morgan fingerprint density at radius 3 is 2.53 bits per heavy atom. The van der Waals surface area contributed by atoms with Gasteiger partial charge in [-0.2, -0.15) is 0 Å². The molecule has 0 aromatic heterocycles. The molecule has 4 fully saturated rings. The zero-order valence-electron chi connectivity index (χ0n) is 23.1. The molecule has 0 spiro atoms. The normalized spacial score (nSPS) is 29.0. The molecule has 3 saturated carbocycles. The van der Waals surface area contributed by atoms with Crippen LogP contribution in [-0.2, 0) is 18.9 Å². The minimum Gasteiger partial charge on any atom is -0.404 e. The average Bonchev–Trinajstić information content (AvgIpc) is 3.16. The number of nitrogens with two attached hydrogens (primary N) is 2. The lowest BCUT2D eigenvalue weighted by Gasteiger charge is -2.64. The lowest BCUT2D eigenvalue weighted by molar-refractivity contribution is -0.525. The number of aliphatic imine (C=N–C) groups is 1. The van der Waals surface area contributed by atoms with Crippen molar-refractivity contribution in [2.75, 3.05) is 13.1 Å². The van der Waals surface area contributed by atoms with E-state index in [0.29, 0.717) is 31.1 Å². The van der Waals surface area contributed by atoms with E-state index in [0.717, 1.165) is 12.8 Å². The molecule has 216 valence electrons. The van der Waals surface area contributed by atoms with Crippen molar-refractivity contribution in [2.45, 2.75) is 90.8 Å². The highest BCUT2D eigenvalue weighted by Crippen LogP contribution is 2.65. The van der Waals surface area contributed by atoms with Crippen molar-refractivity contribution in [1.82, 2.24) is 10.7 Å². The van der Waals surface area contributed by atoms with Gasteiger partial charge in [-0.3, -0.25) is 9.59 Å². The molecule has 0 radical (unpaired) electrons. The summed E-state index contributed by atoms with van der Waals surface area (Å²) >= 11 is 0. The second kappa shape index (κ2) is 12.9. The Bertz CT molecular complexity index is 908. The van der Waals surface area contributed by atoms with Crippen LogP contribution in [0, 0.1) is 39.2 Å². The number of Topliss-reactive ketones (excluding diaryl/α,β-unsaturated/α-hetero) is 1. The van der Waals surface area contributed by atoms with Crippen LogP contribution in [-0.4, -0.2) is 60.5 Å². The fraction of sp³-hybridized carbons (Fsp3) is 0.875. The summed E-state index contributed by atoms with van der Waals surface area (Å²) in [5.41, 5.74) is 12.6. The molecule has 0 aromatic rings. The number of nitrogens with one attached hydrogen (secondary N) is 2. The van der Waals surface area contributed by atoms with Crippen molar-refractivity contribution in [3.63, 3.8) is 0 Å². The van der Waals surface area contributed by atoms with Gasteiger partial charge in [0.25, 0.3) is 5.96 Å². The van der Waals surface area contributed by atoms with Gasteiger partial charge < -0.3 is 26.1 Å². The Morgan fingerprint density at radius 1 is 1.26 bits per heavy atom. The van der Waals surface area contributed by atoms with Crippen molar-refractivity contribution in [3.8, 4) is 0 Å². The van der Waals surface area contributed by atoms with Crippen LogP contribution >= 0.6 is 12.4 Å². The number of hydrazine groups is 1. The lowest BCUT2D eigenvalue weighted by Crippen LogP contribution is -2.65. The summed E-state index contributed by atoms with van der Waals surface area (Å²) in [6.45, 7) is 11.0. The number of ketones is 1. The first kappa shape index (κ1) is 32.3. The lowest BCUT2D eigenvalue weighted by atomic mass is 9.43. The monoisotopic (exact) mass is 558 g/mol. The zero-order chi connectivity index (χ0) is 27.5. The van der Waals surface area contributed by atoms with Crippen LogP contribution in [0.1, 0.15) is 73.1 Å². The molecule has 4 rings (SSSR count). The van der Waals surface area contributed by atoms with Gasteiger partial charge in [-0.1, -0.05) is 33.1 Å². The molecule has 1 aliphatic heterocycles. The Morgan fingerprint density at radius 2 is 1.95 bits per heavy atom. The van der Waals surface area contributed by atoms with Gasteiger partial charge in [-0.05, 0) is 62.2 Å². The van der Waals surface area contributed by atoms with Gasteiger partial charge in [0, 0.05) is 18.9 Å². The highest BCUT2D eigenvalue weighted by atomic mass is 35.5. The summed E-state index contributed by atoms with van der Waals surface area (Å²) in [6, 6.07) is 0. The highest BCUT2D eigenvalue weighted by Gasteiger charge is 2.68. The summed E-state index contributed by atoms with van der Waals surface area (Å²) in [7, 11) is -0.556. The number of nitrogens with zero attached hydrogens (tertiary/aromatic N) is 2. The molecule has 1 amide bonds. The van der Waals surface area contributed by atoms with Crippen LogP contribution in [0.3, 0.4) is 0 Å². The molecule has 4 aliphatic rings. The third-order valence-corrected chi connectivity index (χ3v) is 8.62. The smallest absolute Gasteiger partial charge is 0.404 e. The summed E-state index contributed by atoms with van der Waals surface area (Å²) in [5, 5.41) is 12.8. The van der Waals surface area contributed by atoms with Crippen LogP contribution < -0.4 is 22.2 Å². The molecule has 0 aromatic carbocycles. The van der Waals surface area contributed by atoms with Crippen LogP contribution in [0.5, 0.6) is 0 Å². The molecular weight excluding hydrogens is 515 g/mol. The molecule has 1 saturated heterocycles. The predicted molar refractivity (Wildman–Crippen MR) is 147 cm³/mol. The fourth-order valence-electron chi connectivity index (χ4n) is 6.47. The van der Waals surface area contributed by atoms with Gasteiger partial charge in [-0.15, -0.1) is 12.4 Å². The molecular formula is C24H44BClN6O6. The molecule has 12 nitrogen and oxygen atoms in total. The van der Waals surface area contributed by atoms with E-state index in [-0.39, 0.29) is 78.5 Å². The van der Waals surface area contributed by atoms with Crippen molar-refractivity contribution >= 4 is 37.2 Å². The quantitative estimate of drug-likeness (QED) is 0.0651. The maximum atomic E-state index is 13.4. The van der Waals surface area contributed by atoms with E-state index in [4.69, 9.17) is 20.8 Å². The topological polar surface area (TPSA) is 184 Å². The van der Waals surface area contributed by atoms with E-state index in [9.17, 15) is 19.7 Å². The second-order valence-electron chi connectivity index (χ2n) is 12.0. The van der Waals surface area contributed by atoms with E-state index >= 15 is 0 Å². The van der Waals surface area contributed by atoms with Gasteiger partial charge in [-0.25, -0.2) is 15.1 Å². The zero-order valence-corrected chi connectivity index (χ0v) is 23.9. The predicted octanol–water partition coefficient (Wildman–Crippen LogP) is 1.62. The summed E-state index contributed by atoms with van der Waals surface area (Å²) in [4.78, 5) is 39.9. The first-order valence-electron chi connectivity index (χ1n) is 13.3. The molecule has 14 heteroatoms. The molecule has 2 bridgehead atoms. The number of halogens is 1. The number of carbonyl (C=O) groups excluding carboxylic acids is 2. The van der Waals surface area contributed by atoms with E-state index in [1.807, 2.05) is 0 Å². The summed E-state index contributed by atoms with van der Waals surface area (Å²) in [6.07, 6.45) is 3.55. The van der Waals surface area contributed by atoms with Crippen LogP contribution in [0.4, 0.5) is 0 Å². The van der Waals surface area contributed by atoms with Gasteiger partial charge >= 0.3 is 7.12 Å². The number of nitro groups is 1. The minimum absolute atomic E-state index is 0. The van der Waals surface area contributed by atoms with Gasteiger partial charge in [0.2, 0.25) is 5.91 Å². The molecule has 3 aliphatic carbocycles. The number of hydrogen-bond acceptors (Lipinski definition) is 8. The Hall–Kier alpha value is -1.96. The molecule has 6 atom stereocenters. The summed E-state index contributed by atoms with van der Waals surface area (Å²) in [5.74, 6) is -0.435. The fourth-order valence-corrected chi connectivity index (χ4v) is 6.47. The molecule has 38 heavy (non-hydrogen) atoms. The largest absolute Gasteiger partial charge is 0.481 e. The van der Waals surface area contributed by atoms with E-state index in [1.54, 1.807) is 5.43 Å². The Labute approximate surface area is 231 Å². The molecule has 0 unspecified atom stereocenters. The molecule has 1 heterocycles. The van der Waals surface area contributed by atoms with Crippen LogP contribution in [0.15, 0.2) is 4.99 Å². The number of carbonyl (C=O) groups is 2. The van der Waals surface area contributed by atoms with Crippen LogP contribution in [0.2, 0.25) is 0 Å². The van der Waals surface area contributed by atoms with Crippen LogP contribution in [0.25, 0.3) is 0 Å². The minimum atomic E-state index is -0.794. The third-order valence-electron chi connectivity index (χ3n) is 8.62. The first-order chi connectivity index (χ1) is 17.3. The van der Waals surface area contributed by atoms with Crippen molar-refractivity contribution < 1.29 is 23.9 Å². The Kier molecular flexibility index (Phi) is 11.0. The van der Waals surface area contributed by atoms with Gasteiger partial charge in [0.05, 0.1) is 24.2 Å². The van der Waals surface area contributed by atoms with Crippen molar-refractivity contribution in [3.05, 3.63) is 10.1 Å². The summed E-state index contributed by atoms with van der Waals surface area (Å²) < 4.78 is 13.1. The third kappa shape index (κ3) is 7.16. The van der Waals surface area contributed by atoms with Gasteiger partial charge in [0.1, 0.15) is 5.78 Å². The Balaban J connectivity index is 0.00000507. The van der Waals surface area contributed by atoms with Crippen molar-refractivity contribution in [2.24, 2.45) is 45.5 Å². The van der Waals surface area contributed by atoms with Crippen molar-refractivity contribution in [1.29, 1.82) is 0 Å². The van der Waals surface area contributed by atoms with Gasteiger partial charge in [0.15, 0.2) is 5.03 Å². The van der Waals surface area contributed by atoms with E-state index in [2.05, 4.69) is 44.9 Å². The highest BCUT2D eigenvalue weighted by molar-refractivity contribution is 6.47. The molecule has 6 N–H and O–H groups in total. The second-order valence-corrected chi connectivity index (χ2v) is 12.0. The standard InChI is InChI=1S/C24H43BN6O6.ClH/c1-14(2)9-20(25-36-19-12-16-11-18(23(16,3)4)24(19,5)37-25)29-21(33)15(10-17(32)13-26)7-6-8-28-22(27)30-31(34)35;/h14-16,18-20H,6-13,26H2,1-5H3,(H,29,33)(H3,27,28,30);1H/t15-,16+,18+,19-,20+,24+;/m1./s1. The first-order valence-corrected chi connectivity index (χ1v) is 13.3. The maximum Gasteiger partial charge on any atom is 0.481 e.